The fourth-order valence-electron chi connectivity index (χ4n) is 0.883. The van der Waals surface area contributed by atoms with Crippen LogP contribution in [0.25, 0.3) is 0 Å². The van der Waals surface area contributed by atoms with Gasteiger partial charge in [0, 0.05) is 0 Å². The van der Waals surface area contributed by atoms with Gasteiger partial charge in [-0.2, -0.15) is 0 Å². The van der Waals surface area contributed by atoms with E-state index in [1.54, 1.807) is 0 Å². The van der Waals surface area contributed by atoms with Crippen LogP contribution in [0.2, 0.25) is 4.51 Å². The predicted molar refractivity (Wildman–Crippen MR) is 34.0 cm³/mol. The molecule has 0 amide bonds. The summed E-state index contributed by atoms with van der Waals surface area (Å²) in [7, 11) is 0. The Bertz CT molecular complexity index is 80.6. The average molecular weight is 183 g/mol. The van der Waals surface area contributed by atoms with Crippen LogP contribution in [0, 0.1) is 0 Å². The number of hydrogen-bond donors (Lipinski definition) is 0. The average Bonchev–Trinajstić information content (AvgIpc) is 1.69. The van der Waals surface area contributed by atoms with Gasteiger partial charge in [-0.3, -0.25) is 0 Å². The first kappa shape index (κ1) is 8.65. The van der Waals surface area contributed by atoms with Crippen molar-refractivity contribution < 1.29 is 18.3 Å². The minimum absolute atomic E-state index is 0. The van der Waals surface area contributed by atoms with Crippen LogP contribution in [0.3, 0.4) is 0 Å². The normalized spacial score (nSPS) is 27.0. The van der Waals surface area contributed by atoms with Gasteiger partial charge in [0.1, 0.15) is 0 Å². The molecule has 2 heteroatoms. The third kappa shape index (κ3) is 2.84. The molecule has 0 aromatic heterocycles. The second-order valence-electron chi connectivity index (χ2n) is 2.12. The van der Waals surface area contributed by atoms with Crippen LogP contribution < -0.4 is 0 Å². The first-order valence-electron chi connectivity index (χ1n) is 2.89. The van der Waals surface area contributed by atoms with Crippen molar-refractivity contribution in [3.05, 3.63) is 12.2 Å². The molecule has 8 heavy (non-hydrogen) atoms. The second-order valence-corrected chi connectivity index (χ2v) is 4.32. The minimum atomic E-state index is 0. The molecule has 1 aliphatic carbocycles. The molecule has 0 nitrogen and oxygen atoms in total. The molecule has 0 aliphatic heterocycles. The Balaban J connectivity index is 0.000000490. The molecule has 1 aliphatic rings. The van der Waals surface area contributed by atoms with Crippen molar-refractivity contribution in [2.24, 2.45) is 0 Å². The molecule has 0 aromatic rings. The zero-order chi connectivity index (χ0) is 5.11. The maximum atomic E-state index is 2.36. The molecule has 0 radical (unpaired) electrons. The Morgan fingerprint density at radius 3 is 2.50 bits per heavy atom. The molecule has 1 unspecified atom stereocenters. The van der Waals surface area contributed by atoms with Crippen molar-refractivity contribution in [2.45, 2.75) is 23.8 Å². The number of hydrogen-bond acceptors (Lipinski definition) is 0. The second kappa shape index (κ2) is 4.52. The Kier molecular flexibility index (Phi) is 4.89. The number of halogens is 1. The maximum absolute atomic E-state index is 2.36. The van der Waals surface area contributed by atoms with Crippen LogP contribution in [0.4, 0.5) is 0 Å². The van der Waals surface area contributed by atoms with Gasteiger partial charge in [0.2, 0.25) is 0 Å². The molecule has 0 N–H and O–H groups in total. The fraction of sp³-hybridized carbons (Fsp3) is 0.667. The van der Waals surface area contributed by atoms with E-state index in [-0.39, 0.29) is 12.4 Å². The third-order valence-electron chi connectivity index (χ3n) is 1.35. The molecule has 0 spiro atoms. The van der Waals surface area contributed by atoms with Gasteiger partial charge < -0.3 is 0 Å². The predicted octanol–water partition coefficient (Wildman–Crippen LogP) is 2.48. The molecule has 43 valence electrons. The SMILES string of the molecule is Cl.[Zn][CH]1C=CCCC1. The third-order valence-corrected chi connectivity index (χ3v) is 2.78. The van der Waals surface area contributed by atoms with Gasteiger partial charge in [0.15, 0.2) is 0 Å². The molecule has 0 heterocycles. The van der Waals surface area contributed by atoms with Gasteiger partial charge in [-0.15, -0.1) is 12.4 Å². The molecule has 0 aromatic carbocycles. The molecule has 1 atom stereocenters. The monoisotopic (exact) mass is 181 g/mol. The summed E-state index contributed by atoms with van der Waals surface area (Å²) in [5.74, 6) is 0. The molecule has 0 saturated heterocycles. The summed E-state index contributed by atoms with van der Waals surface area (Å²) < 4.78 is 0.980. The van der Waals surface area contributed by atoms with Gasteiger partial charge in [0.25, 0.3) is 0 Å². The first-order chi connectivity index (χ1) is 3.39. The molecular formula is C6H10ClZn. The Labute approximate surface area is 66.8 Å². The van der Waals surface area contributed by atoms with Crippen molar-refractivity contribution in [3.8, 4) is 0 Å². The Hall–Kier alpha value is 0.653. The topological polar surface area (TPSA) is 0 Å². The molecule has 0 fully saturated rings. The van der Waals surface area contributed by atoms with E-state index in [0.29, 0.717) is 0 Å². The van der Waals surface area contributed by atoms with Crippen molar-refractivity contribution in [3.63, 3.8) is 0 Å². The van der Waals surface area contributed by atoms with E-state index < -0.39 is 0 Å². The summed E-state index contributed by atoms with van der Waals surface area (Å²) >= 11 is 1.45. The van der Waals surface area contributed by atoms with E-state index in [1.807, 2.05) is 0 Å². The summed E-state index contributed by atoms with van der Waals surface area (Å²) in [6.45, 7) is 0. The van der Waals surface area contributed by atoms with E-state index in [0.717, 1.165) is 4.51 Å². The van der Waals surface area contributed by atoms with Crippen molar-refractivity contribution in [1.82, 2.24) is 0 Å². The van der Waals surface area contributed by atoms with Gasteiger partial charge in [-0.1, -0.05) is 0 Å². The van der Waals surface area contributed by atoms with Crippen molar-refractivity contribution >= 4 is 12.4 Å². The zero-order valence-electron chi connectivity index (χ0n) is 4.97. The van der Waals surface area contributed by atoms with Crippen LogP contribution in [-0.2, 0) is 18.3 Å². The standard InChI is InChI=1S/C6H9.ClH.Zn/c1-2-4-6-5-3-1;;/h1-3H,4-6H2;1H;. The summed E-state index contributed by atoms with van der Waals surface area (Å²) in [6.07, 6.45) is 8.90. The van der Waals surface area contributed by atoms with Crippen LogP contribution in [0.1, 0.15) is 19.3 Å². The van der Waals surface area contributed by atoms with Crippen molar-refractivity contribution in [2.75, 3.05) is 0 Å². The number of rotatable bonds is 0. The van der Waals surface area contributed by atoms with Crippen LogP contribution in [-0.4, -0.2) is 0 Å². The summed E-state index contributed by atoms with van der Waals surface area (Å²) in [6, 6.07) is 0. The van der Waals surface area contributed by atoms with Gasteiger partial charge in [0.05, 0.1) is 0 Å². The van der Waals surface area contributed by atoms with Crippen LogP contribution in [0.5, 0.6) is 0 Å². The van der Waals surface area contributed by atoms with E-state index >= 15 is 0 Å². The summed E-state index contributed by atoms with van der Waals surface area (Å²) in [5.41, 5.74) is 0. The zero-order valence-corrected chi connectivity index (χ0v) is 8.75. The quantitative estimate of drug-likeness (QED) is 0.399. The van der Waals surface area contributed by atoms with Gasteiger partial charge in [-0.05, 0) is 0 Å². The summed E-state index contributed by atoms with van der Waals surface area (Å²) in [4.78, 5) is 0. The fourth-order valence-corrected chi connectivity index (χ4v) is 1.89. The first-order valence-corrected chi connectivity index (χ1v) is 4.60. The van der Waals surface area contributed by atoms with Crippen molar-refractivity contribution in [1.29, 1.82) is 0 Å². The molecular weight excluding hydrogens is 173 g/mol. The van der Waals surface area contributed by atoms with Gasteiger partial charge in [-0.25, -0.2) is 0 Å². The van der Waals surface area contributed by atoms with E-state index in [2.05, 4.69) is 12.2 Å². The Morgan fingerprint density at radius 2 is 2.25 bits per heavy atom. The Morgan fingerprint density at radius 1 is 1.50 bits per heavy atom. The van der Waals surface area contributed by atoms with E-state index in [1.165, 1.54) is 37.6 Å². The molecule has 1 rings (SSSR count). The summed E-state index contributed by atoms with van der Waals surface area (Å²) in [5, 5.41) is 0. The molecule has 0 saturated carbocycles. The van der Waals surface area contributed by atoms with Crippen LogP contribution >= 0.6 is 12.4 Å². The van der Waals surface area contributed by atoms with Crippen LogP contribution in [0.15, 0.2) is 12.2 Å². The van der Waals surface area contributed by atoms with E-state index in [4.69, 9.17) is 0 Å². The van der Waals surface area contributed by atoms with Gasteiger partial charge >= 0.3 is 54.2 Å². The molecule has 0 bridgehead atoms. The van der Waals surface area contributed by atoms with E-state index in [9.17, 15) is 0 Å². The number of allylic oxidation sites excluding steroid dienone is 2.